The third-order valence-electron chi connectivity index (χ3n) is 1.98. The Morgan fingerprint density at radius 3 is 2.35 bits per heavy atom. The van der Waals surface area contributed by atoms with Crippen LogP contribution in [0.15, 0.2) is 18.2 Å². The molecule has 0 aliphatic carbocycles. The third kappa shape index (κ3) is 3.95. The van der Waals surface area contributed by atoms with Crippen molar-refractivity contribution < 1.29 is 18.1 Å². The number of benzene rings is 1. The predicted molar refractivity (Wildman–Crippen MR) is 63.4 cm³/mol. The highest BCUT2D eigenvalue weighted by atomic mass is 79.9. The maximum atomic E-state index is 12.7. The molecule has 0 aromatic heterocycles. The van der Waals surface area contributed by atoms with Gasteiger partial charge < -0.3 is 0 Å². The van der Waals surface area contributed by atoms with E-state index in [2.05, 4.69) is 31.9 Å². The monoisotopic (exact) mass is 375 g/mol. The Kier molecular flexibility index (Phi) is 4.54. The standard InChI is InChI=1S/C9H6Br2F3NO2/c10-8(11)3-5-1-2-6(15(16)17)4-7(5)9(12,13)14/h1-2,4,8H,3H2. The van der Waals surface area contributed by atoms with E-state index in [1.54, 1.807) is 0 Å². The quantitative estimate of drug-likeness (QED) is 0.449. The van der Waals surface area contributed by atoms with Crippen molar-refractivity contribution in [3.05, 3.63) is 39.4 Å². The molecule has 1 aromatic rings. The molecular formula is C9H6Br2F3NO2. The van der Waals surface area contributed by atoms with Crippen LogP contribution in [0.3, 0.4) is 0 Å². The summed E-state index contributed by atoms with van der Waals surface area (Å²) in [6, 6.07) is 2.74. The van der Waals surface area contributed by atoms with Gasteiger partial charge in [-0.15, -0.1) is 0 Å². The highest BCUT2D eigenvalue weighted by Gasteiger charge is 2.35. The fraction of sp³-hybridized carbons (Fsp3) is 0.333. The number of alkyl halides is 5. The van der Waals surface area contributed by atoms with Gasteiger partial charge in [-0.25, -0.2) is 0 Å². The first-order valence-corrected chi connectivity index (χ1v) is 6.17. The fourth-order valence-electron chi connectivity index (χ4n) is 1.29. The van der Waals surface area contributed by atoms with Crippen molar-refractivity contribution in [3.63, 3.8) is 0 Å². The molecule has 94 valence electrons. The maximum Gasteiger partial charge on any atom is 0.416 e. The molecule has 17 heavy (non-hydrogen) atoms. The highest BCUT2D eigenvalue weighted by Crippen LogP contribution is 2.35. The summed E-state index contributed by atoms with van der Waals surface area (Å²) >= 11 is 6.15. The molecule has 1 aromatic carbocycles. The van der Waals surface area contributed by atoms with Gasteiger partial charge in [-0.1, -0.05) is 37.9 Å². The van der Waals surface area contributed by atoms with E-state index in [1.807, 2.05) is 0 Å². The maximum absolute atomic E-state index is 12.7. The van der Waals surface area contributed by atoms with Crippen molar-refractivity contribution in [1.82, 2.24) is 0 Å². The van der Waals surface area contributed by atoms with Gasteiger partial charge >= 0.3 is 6.18 Å². The lowest BCUT2D eigenvalue weighted by Crippen LogP contribution is -2.11. The summed E-state index contributed by atoms with van der Waals surface area (Å²) in [5.74, 6) is 0. The molecule has 0 N–H and O–H groups in total. The number of nitrogens with zero attached hydrogens (tertiary/aromatic N) is 1. The van der Waals surface area contributed by atoms with Crippen LogP contribution < -0.4 is 0 Å². The number of nitro benzene ring substituents is 1. The second kappa shape index (κ2) is 5.34. The van der Waals surface area contributed by atoms with Crippen molar-refractivity contribution in [2.45, 2.75) is 16.3 Å². The van der Waals surface area contributed by atoms with Gasteiger partial charge in [0.05, 0.1) is 14.2 Å². The summed E-state index contributed by atoms with van der Waals surface area (Å²) in [6.45, 7) is 0. The summed E-state index contributed by atoms with van der Waals surface area (Å²) in [4.78, 5) is 9.58. The number of halogens is 5. The lowest BCUT2D eigenvalue weighted by molar-refractivity contribution is -0.385. The molecule has 0 heterocycles. The van der Waals surface area contributed by atoms with E-state index in [9.17, 15) is 23.3 Å². The zero-order valence-corrected chi connectivity index (χ0v) is 11.3. The second-order valence-corrected chi connectivity index (χ2v) is 6.63. The second-order valence-electron chi connectivity index (χ2n) is 3.19. The van der Waals surface area contributed by atoms with Crippen LogP contribution in [0.2, 0.25) is 0 Å². The van der Waals surface area contributed by atoms with Gasteiger partial charge in [0.2, 0.25) is 0 Å². The molecule has 0 bridgehead atoms. The van der Waals surface area contributed by atoms with Crippen LogP contribution in [0.1, 0.15) is 11.1 Å². The van der Waals surface area contributed by atoms with Crippen molar-refractivity contribution in [3.8, 4) is 0 Å². The number of hydrogen-bond acceptors (Lipinski definition) is 2. The van der Waals surface area contributed by atoms with Crippen LogP contribution in [-0.2, 0) is 12.6 Å². The third-order valence-corrected chi connectivity index (χ3v) is 2.63. The van der Waals surface area contributed by atoms with Crippen molar-refractivity contribution in [2.75, 3.05) is 0 Å². The summed E-state index contributed by atoms with van der Waals surface area (Å²) in [5.41, 5.74) is -1.54. The molecule has 0 radical (unpaired) electrons. The average Bonchev–Trinajstić information content (AvgIpc) is 2.15. The Balaban J connectivity index is 3.27. The minimum atomic E-state index is -4.60. The molecule has 0 unspecified atom stereocenters. The van der Waals surface area contributed by atoms with Gasteiger partial charge in [0, 0.05) is 12.1 Å². The van der Waals surface area contributed by atoms with Crippen molar-refractivity contribution in [2.24, 2.45) is 0 Å². The predicted octanol–water partition coefficient (Wildman–Crippen LogP) is 4.27. The summed E-state index contributed by atoms with van der Waals surface area (Å²) in [6.07, 6.45) is -4.52. The molecule has 0 spiro atoms. The highest BCUT2D eigenvalue weighted by molar-refractivity contribution is 9.24. The zero-order chi connectivity index (χ0) is 13.2. The van der Waals surface area contributed by atoms with Gasteiger partial charge in [-0.05, 0) is 12.0 Å². The van der Waals surface area contributed by atoms with Crippen LogP contribution in [0, 0.1) is 10.1 Å². The first-order chi connectivity index (χ1) is 7.71. The topological polar surface area (TPSA) is 43.1 Å². The molecule has 0 amide bonds. The molecule has 0 saturated carbocycles. The van der Waals surface area contributed by atoms with Gasteiger partial charge in [-0.2, -0.15) is 13.2 Å². The van der Waals surface area contributed by atoms with Crippen LogP contribution in [-0.4, -0.2) is 8.66 Å². The lowest BCUT2D eigenvalue weighted by atomic mass is 10.0. The Labute approximate surface area is 111 Å². The van der Waals surface area contributed by atoms with Gasteiger partial charge in [0.1, 0.15) is 0 Å². The van der Waals surface area contributed by atoms with E-state index >= 15 is 0 Å². The fourth-order valence-corrected chi connectivity index (χ4v) is 1.98. The molecule has 1 rings (SSSR count). The lowest BCUT2D eigenvalue weighted by Gasteiger charge is -2.12. The van der Waals surface area contributed by atoms with Gasteiger partial charge in [0.25, 0.3) is 5.69 Å². The molecule has 0 aliphatic rings. The summed E-state index contributed by atoms with van der Waals surface area (Å²) < 4.78 is 37.7. The number of nitro groups is 1. The number of hydrogen-bond donors (Lipinski definition) is 0. The van der Waals surface area contributed by atoms with Crippen LogP contribution in [0.25, 0.3) is 0 Å². The van der Waals surface area contributed by atoms with E-state index in [0.29, 0.717) is 6.07 Å². The van der Waals surface area contributed by atoms with Crippen LogP contribution >= 0.6 is 31.9 Å². The Morgan fingerprint density at radius 2 is 1.94 bits per heavy atom. The van der Waals surface area contributed by atoms with Gasteiger partial charge in [0.15, 0.2) is 0 Å². The Hall–Kier alpha value is -0.630. The minimum absolute atomic E-state index is 0.00171. The van der Waals surface area contributed by atoms with Crippen LogP contribution in [0.4, 0.5) is 18.9 Å². The van der Waals surface area contributed by atoms with E-state index < -0.39 is 22.4 Å². The molecule has 0 atom stereocenters. The smallest absolute Gasteiger partial charge is 0.258 e. The molecule has 8 heteroatoms. The van der Waals surface area contributed by atoms with Crippen molar-refractivity contribution in [1.29, 1.82) is 0 Å². The Bertz CT molecular complexity index is 435. The van der Waals surface area contributed by atoms with E-state index in [1.165, 1.54) is 0 Å². The van der Waals surface area contributed by atoms with Crippen LogP contribution in [0.5, 0.6) is 0 Å². The van der Waals surface area contributed by atoms with Crippen molar-refractivity contribution >= 4 is 37.5 Å². The first-order valence-electron chi connectivity index (χ1n) is 4.34. The summed E-state index contributed by atoms with van der Waals surface area (Å²) in [7, 11) is 0. The molecule has 3 nitrogen and oxygen atoms in total. The number of non-ortho nitro benzene ring substituents is 1. The van der Waals surface area contributed by atoms with E-state index in [-0.39, 0.29) is 15.7 Å². The normalized spacial score (nSPS) is 11.9. The number of rotatable bonds is 3. The Morgan fingerprint density at radius 1 is 1.35 bits per heavy atom. The largest absolute Gasteiger partial charge is 0.416 e. The minimum Gasteiger partial charge on any atom is -0.258 e. The molecule has 0 aliphatic heterocycles. The molecule has 0 saturated heterocycles. The SMILES string of the molecule is O=[N+]([O-])c1ccc(CC(Br)Br)c(C(F)(F)F)c1. The molecule has 0 fully saturated rings. The average molecular weight is 377 g/mol. The van der Waals surface area contributed by atoms with Gasteiger partial charge in [-0.3, -0.25) is 10.1 Å². The first kappa shape index (κ1) is 14.4. The van der Waals surface area contributed by atoms with E-state index in [0.717, 1.165) is 12.1 Å². The van der Waals surface area contributed by atoms with E-state index in [4.69, 9.17) is 0 Å². The zero-order valence-electron chi connectivity index (χ0n) is 8.17. The summed E-state index contributed by atoms with van der Waals surface area (Å²) in [5, 5.41) is 10.4. The molecular weight excluding hydrogens is 371 g/mol.